The summed E-state index contributed by atoms with van der Waals surface area (Å²) >= 11 is 3.51. The van der Waals surface area contributed by atoms with Crippen LogP contribution in [0.25, 0.3) is 0 Å². The highest BCUT2D eigenvalue weighted by Gasteiger charge is 2.13. The zero-order valence-electron chi connectivity index (χ0n) is 9.73. The Morgan fingerprint density at radius 1 is 1.31 bits per heavy atom. The van der Waals surface area contributed by atoms with Crippen LogP contribution in [0.15, 0.2) is 23.0 Å². The highest BCUT2D eigenvalue weighted by atomic mass is 32.1. The summed E-state index contributed by atoms with van der Waals surface area (Å²) in [4.78, 5) is 5.68. The van der Waals surface area contributed by atoms with Crippen molar-refractivity contribution < 1.29 is 0 Å². The van der Waals surface area contributed by atoms with Crippen LogP contribution >= 0.6 is 22.7 Å². The number of aromatic nitrogens is 1. The zero-order chi connectivity index (χ0) is 11.5. The minimum absolute atomic E-state index is 0.314. The quantitative estimate of drug-likeness (QED) is 0.892. The lowest BCUT2D eigenvalue weighted by atomic mass is 10.1. The molecule has 4 heteroatoms. The van der Waals surface area contributed by atoms with Crippen LogP contribution in [0.3, 0.4) is 0 Å². The molecule has 0 bridgehead atoms. The topological polar surface area (TPSA) is 24.9 Å². The van der Waals surface area contributed by atoms with Crippen molar-refractivity contribution in [3.8, 4) is 0 Å². The third-order valence-corrected chi connectivity index (χ3v) is 4.35. The van der Waals surface area contributed by atoms with Gasteiger partial charge in [0.05, 0.1) is 6.04 Å². The van der Waals surface area contributed by atoms with Crippen LogP contribution in [0.4, 0.5) is 0 Å². The maximum atomic E-state index is 4.41. The van der Waals surface area contributed by atoms with Gasteiger partial charge < -0.3 is 5.32 Å². The maximum Gasteiger partial charge on any atom is 0.109 e. The zero-order valence-corrected chi connectivity index (χ0v) is 11.4. The first-order valence-electron chi connectivity index (χ1n) is 5.37. The highest BCUT2D eigenvalue weighted by Crippen LogP contribution is 2.23. The van der Waals surface area contributed by atoms with Crippen molar-refractivity contribution in [3.05, 3.63) is 38.5 Å². The second-order valence-corrected chi connectivity index (χ2v) is 6.02. The second-order valence-electron chi connectivity index (χ2n) is 3.98. The minimum Gasteiger partial charge on any atom is -0.301 e. The molecule has 2 atom stereocenters. The molecule has 2 aromatic heterocycles. The van der Waals surface area contributed by atoms with Gasteiger partial charge in [0.1, 0.15) is 5.01 Å². The van der Waals surface area contributed by atoms with E-state index in [1.807, 2.05) is 6.20 Å². The molecular weight excluding hydrogens is 236 g/mol. The number of thiazole rings is 1. The first kappa shape index (κ1) is 11.8. The average Bonchev–Trinajstić information content (AvgIpc) is 2.87. The predicted molar refractivity (Wildman–Crippen MR) is 71.1 cm³/mol. The van der Waals surface area contributed by atoms with Gasteiger partial charge >= 0.3 is 0 Å². The van der Waals surface area contributed by atoms with Gasteiger partial charge in [-0.25, -0.2) is 4.98 Å². The standard InChI is InChI=1S/C12H16N2S2/c1-8-6-13-12(16-8)10(3)14-9(2)11-4-5-15-7-11/h4-7,9-10,14H,1-3H3. The van der Waals surface area contributed by atoms with E-state index < -0.39 is 0 Å². The van der Waals surface area contributed by atoms with Crippen molar-refractivity contribution in [1.82, 2.24) is 10.3 Å². The van der Waals surface area contributed by atoms with Gasteiger partial charge in [-0.15, -0.1) is 11.3 Å². The van der Waals surface area contributed by atoms with E-state index in [1.165, 1.54) is 15.4 Å². The second kappa shape index (κ2) is 5.08. The number of hydrogen-bond acceptors (Lipinski definition) is 4. The summed E-state index contributed by atoms with van der Waals surface area (Å²) in [6.07, 6.45) is 1.94. The minimum atomic E-state index is 0.314. The molecule has 0 spiro atoms. The Labute approximate surface area is 104 Å². The van der Waals surface area contributed by atoms with E-state index in [0.29, 0.717) is 12.1 Å². The largest absolute Gasteiger partial charge is 0.301 e. The summed E-state index contributed by atoms with van der Waals surface area (Å²) in [5.41, 5.74) is 1.35. The Balaban J connectivity index is 2.00. The molecule has 1 N–H and O–H groups in total. The number of hydrogen-bond donors (Lipinski definition) is 1. The SMILES string of the molecule is Cc1cnc(C(C)NC(C)c2ccsc2)s1. The van der Waals surface area contributed by atoms with Gasteiger partial charge in [0.15, 0.2) is 0 Å². The molecule has 0 saturated carbocycles. The molecule has 2 heterocycles. The Morgan fingerprint density at radius 3 is 2.69 bits per heavy atom. The predicted octanol–water partition coefficient (Wildman–Crippen LogP) is 3.92. The van der Waals surface area contributed by atoms with Crippen LogP contribution in [0.1, 0.15) is 41.4 Å². The van der Waals surface area contributed by atoms with Gasteiger partial charge in [0.25, 0.3) is 0 Å². The third kappa shape index (κ3) is 2.70. The Kier molecular flexibility index (Phi) is 3.74. The van der Waals surface area contributed by atoms with Crippen LogP contribution in [0, 0.1) is 6.92 Å². The Bertz CT molecular complexity index is 434. The van der Waals surface area contributed by atoms with Gasteiger partial charge in [-0.3, -0.25) is 0 Å². The summed E-state index contributed by atoms with van der Waals surface area (Å²) in [6, 6.07) is 2.86. The smallest absolute Gasteiger partial charge is 0.109 e. The monoisotopic (exact) mass is 252 g/mol. The molecule has 0 fully saturated rings. The van der Waals surface area contributed by atoms with E-state index in [4.69, 9.17) is 0 Å². The van der Waals surface area contributed by atoms with Crippen LogP contribution in [-0.4, -0.2) is 4.98 Å². The number of nitrogens with one attached hydrogen (secondary N) is 1. The molecule has 2 aromatic rings. The van der Waals surface area contributed by atoms with Crippen molar-refractivity contribution in [3.63, 3.8) is 0 Å². The van der Waals surface area contributed by atoms with Crippen LogP contribution < -0.4 is 5.32 Å². The molecular formula is C12H16N2S2. The summed E-state index contributed by atoms with van der Waals surface area (Å²) in [6.45, 7) is 6.45. The molecule has 2 rings (SSSR count). The summed E-state index contributed by atoms with van der Waals surface area (Å²) in [5.74, 6) is 0. The van der Waals surface area contributed by atoms with Crippen molar-refractivity contribution >= 4 is 22.7 Å². The molecule has 16 heavy (non-hydrogen) atoms. The molecule has 0 aliphatic heterocycles. The van der Waals surface area contributed by atoms with Crippen molar-refractivity contribution in [1.29, 1.82) is 0 Å². The first-order chi connectivity index (χ1) is 7.66. The highest BCUT2D eigenvalue weighted by molar-refractivity contribution is 7.11. The molecule has 0 aliphatic rings. The molecule has 0 aliphatic carbocycles. The normalized spacial score (nSPS) is 14.9. The number of aryl methyl sites for hydroxylation is 1. The van der Waals surface area contributed by atoms with E-state index in [-0.39, 0.29) is 0 Å². The maximum absolute atomic E-state index is 4.41. The fourth-order valence-corrected chi connectivity index (χ4v) is 3.18. The lowest BCUT2D eigenvalue weighted by molar-refractivity contribution is 0.494. The average molecular weight is 252 g/mol. The number of thiophene rings is 1. The Morgan fingerprint density at radius 2 is 2.12 bits per heavy atom. The van der Waals surface area contributed by atoms with Gasteiger partial charge in [-0.1, -0.05) is 0 Å². The molecule has 0 saturated heterocycles. The summed E-state index contributed by atoms with van der Waals surface area (Å²) in [7, 11) is 0. The van der Waals surface area contributed by atoms with Crippen LogP contribution in [0.5, 0.6) is 0 Å². The van der Waals surface area contributed by atoms with Crippen LogP contribution in [-0.2, 0) is 0 Å². The number of nitrogens with zero attached hydrogens (tertiary/aromatic N) is 1. The molecule has 0 aromatic carbocycles. The molecule has 2 unspecified atom stereocenters. The number of rotatable bonds is 4. The van der Waals surface area contributed by atoms with Gasteiger partial charge in [0.2, 0.25) is 0 Å². The van der Waals surface area contributed by atoms with Crippen molar-refractivity contribution in [2.45, 2.75) is 32.9 Å². The van der Waals surface area contributed by atoms with Crippen molar-refractivity contribution in [2.75, 3.05) is 0 Å². The summed E-state index contributed by atoms with van der Waals surface area (Å²) in [5, 5.41) is 9.04. The van der Waals surface area contributed by atoms with Gasteiger partial charge in [-0.2, -0.15) is 11.3 Å². The molecule has 0 radical (unpaired) electrons. The van der Waals surface area contributed by atoms with Gasteiger partial charge in [-0.05, 0) is 43.2 Å². The molecule has 2 nitrogen and oxygen atoms in total. The van der Waals surface area contributed by atoms with Gasteiger partial charge in [0, 0.05) is 17.1 Å². The van der Waals surface area contributed by atoms with Crippen LogP contribution in [0.2, 0.25) is 0 Å². The fourth-order valence-electron chi connectivity index (χ4n) is 1.64. The van der Waals surface area contributed by atoms with E-state index in [0.717, 1.165) is 0 Å². The lowest BCUT2D eigenvalue weighted by Crippen LogP contribution is -2.21. The van der Waals surface area contributed by atoms with E-state index in [2.05, 4.69) is 47.9 Å². The molecule has 0 amide bonds. The van der Waals surface area contributed by atoms with E-state index >= 15 is 0 Å². The Hall–Kier alpha value is -0.710. The van der Waals surface area contributed by atoms with E-state index in [9.17, 15) is 0 Å². The fraction of sp³-hybridized carbons (Fsp3) is 0.417. The lowest BCUT2D eigenvalue weighted by Gasteiger charge is -2.17. The molecule has 86 valence electrons. The third-order valence-electron chi connectivity index (χ3n) is 2.55. The summed E-state index contributed by atoms with van der Waals surface area (Å²) < 4.78 is 0. The van der Waals surface area contributed by atoms with E-state index in [1.54, 1.807) is 22.7 Å². The van der Waals surface area contributed by atoms with Crippen molar-refractivity contribution in [2.24, 2.45) is 0 Å². The first-order valence-corrected chi connectivity index (χ1v) is 7.13.